The summed E-state index contributed by atoms with van der Waals surface area (Å²) in [6.45, 7) is 3.96. The van der Waals surface area contributed by atoms with Crippen molar-refractivity contribution < 1.29 is 4.74 Å². The van der Waals surface area contributed by atoms with Crippen molar-refractivity contribution in [1.82, 2.24) is 10.2 Å². The number of nitrogens with one attached hydrogen (secondary N) is 1. The molecule has 1 atom stereocenters. The van der Waals surface area contributed by atoms with E-state index in [-0.39, 0.29) is 11.7 Å². The van der Waals surface area contributed by atoms with Gasteiger partial charge in [-0.2, -0.15) is 5.10 Å². The highest BCUT2D eigenvalue weighted by Crippen LogP contribution is 2.07. The summed E-state index contributed by atoms with van der Waals surface area (Å²) in [4.78, 5) is 10.8. The molecule has 1 aromatic rings. The molecule has 12 heavy (non-hydrogen) atoms. The first kappa shape index (κ1) is 8.77. The largest absolute Gasteiger partial charge is 0.489 e. The lowest BCUT2D eigenvalue weighted by Gasteiger charge is -2.10. The van der Waals surface area contributed by atoms with Crippen molar-refractivity contribution in [2.24, 2.45) is 0 Å². The van der Waals surface area contributed by atoms with Crippen LogP contribution in [0.1, 0.15) is 20.3 Å². The van der Waals surface area contributed by atoms with Crippen LogP contribution in [-0.2, 0) is 0 Å². The summed E-state index contributed by atoms with van der Waals surface area (Å²) in [5, 5.41) is 5.89. The SMILES string of the molecule is CC[C@H](C)Oc1cn[nH]c(=O)c1. The van der Waals surface area contributed by atoms with Gasteiger partial charge in [-0.05, 0) is 13.3 Å². The zero-order chi connectivity index (χ0) is 8.97. The molecular formula is C8H12N2O2. The molecule has 0 aromatic carbocycles. The third-order valence-electron chi connectivity index (χ3n) is 1.55. The van der Waals surface area contributed by atoms with E-state index in [0.717, 1.165) is 6.42 Å². The van der Waals surface area contributed by atoms with Crippen molar-refractivity contribution >= 4 is 0 Å². The number of H-pyrrole nitrogens is 1. The molecule has 66 valence electrons. The van der Waals surface area contributed by atoms with E-state index in [1.807, 2.05) is 13.8 Å². The van der Waals surface area contributed by atoms with Crippen LogP contribution >= 0.6 is 0 Å². The molecule has 1 aromatic heterocycles. The smallest absolute Gasteiger partial charge is 0.267 e. The fraction of sp³-hybridized carbons (Fsp3) is 0.500. The minimum atomic E-state index is -0.240. The van der Waals surface area contributed by atoms with Crippen LogP contribution in [0.3, 0.4) is 0 Å². The Hall–Kier alpha value is -1.32. The van der Waals surface area contributed by atoms with Gasteiger partial charge in [-0.15, -0.1) is 0 Å². The van der Waals surface area contributed by atoms with E-state index in [9.17, 15) is 4.79 Å². The highest BCUT2D eigenvalue weighted by molar-refractivity contribution is 5.13. The second-order valence-electron chi connectivity index (χ2n) is 2.62. The lowest BCUT2D eigenvalue weighted by molar-refractivity contribution is 0.216. The molecule has 0 bridgehead atoms. The van der Waals surface area contributed by atoms with Gasteiger partial charge in [0, 0.05) is 6.07 Å². The summed E-state index contributed by atoms with van der Waals surface area (Å²) >= 11 is 0. The minimum Gasteiger partial charge on any atom is -0.489 e. The number of hydrogen-bond donors (Lipinski definition) is 1. The molecule has 0 amide bonds. The van der Waals surface area contributed by atoms with Crippen LogP contribution in [0.4, 0.5) is 0 Å². The number of hydrogen-bond acceptors (Lipinski definition) is 3. The van der Waals surface area contributed by atoms with Crippen molar-refractivity contribution in [2.75, 3.05) is 0 Å². The first-order valence-electron chi connectivity index (χ1n) is 3.93. The minimum absolute atomic E-state index is 0.119. The molecule has 0 spiro atoms. The molecule has 0 aliphatic carbocycles. The van der Waals surface area contributed by atoms with E-state index in [2.05, 4.69) is 10.2 Å². The predicted molar refractivity (Wildman–Crippen MR) is 45.2 cm³/mol. The van der Waals surface area contributed by atoms with Crippen molar-refractivity contribution in [3.63, 3.8) is 0 Å². The molecule has 0 fully saturated rings. The fourth-order valence-electron chi connectivity index (χ4n) is 0.738. The van der Waals surface area contributed by atoms with E-state index in [1.54, 1.807) is 0 Å². The van der Waals surface area contributed by atoms with Crippen molar-refractivity contribution in [1.29, 1.82) is 0 Å². The molecule has 0 unspecified atom stereocenters. The number of aromatic amines is 1. The highest BCUT2D eigenvalue weighted by atomic mass is 16.5. The maximum atomic E-state index is 10.8. The summed E-state index contributed by atoms with van der Waals surface area (Å²) in [6.07, 6.45) is 2.52. The van der Waals surface area contributed by atoms with E-state index in [0.29, 0.717) is 5.75 Å². The van der Waals surface area contributed by atoms with Gasteiger partial charge in [0.25, 0.3) is 5.56 Å². The Morgan fingerprint density at radius 2 is 2.50 bits per heavy atom. The molecule has 4 nitrogen and oxygen atoms in total. The number of aromatic nitrogens is 2. The maximum Gasteiger partial charge on any atom is 0.267 e. The van der Waals surface area contributed by atoms with Gasteiger partial charge in [0.15, 0.2) is 0 Å². The number of nitrogens with zero attached hydrogens (tertiary/aromatic N) is 1. The lowest BCUT2D eigenvalue weighted by Crippen LogP contribution is -2.13. The lowest BCUT2D eigenvalue weighted by atomic mass is 10.3. The first-order valence-corrected chi connectivity index (χ1v) is 3.93. The second-order valence-corrected chi connectivity index (χ2v) is 2.62. The molecule has 0 aliphatic heterocycles. The third kappa shape index (κ3) is 2.38. The van der Waals surface area contributed by atoms with Crippen LogP contribution in [0, 0.1) is 0 Å². The molecular weight excluding hydrogens is 156 g/mol. The average molecular weight is 168 g/mol. The molecule has 1 heterocycles. The van der Waals surface area contributed by atoms with Crippen LogP contribution in [0.25, 0.3) is 0 Å². The molecule has 1 N–H and O–H groups in total. The van der Waals surface area contributed by atoms with E-state index in [1.165, 1.54) is 12.3 Å². The van der Waals surface area contributed by atoms with E-state index in [4.69, 9.17) is 4.74 Å². The van der Waals surface area contributed by atoms with Gasteiger partial charge >= 0.3 is 0 Å². The zero-order valence-corrected chi connectivity index (χ0v) is 7.20. The number of ether oxygens (including phenoxy) is 1. The van der Waals surface area contributed by atoms with Crippen molar-refractivity contribution in [3.8, 4) is 5.75 Å². The monoisotopic (exact) mass is 168 g/mol. The van der Waals surface area contributed by atoms with Gasteiger partial charge in [-0.25, -0.2) is 5.10 Å². The Kier molecular flexibility index (Phi) is 2.85. The quantitative estimate of drug-likeness (QED) is 0.731. The van der Waals surface area contributed by atoms with Crippen molar-refractivity contribution in [2.45, 2.75) is 26.4 Å². The Balaban J connectivity index is 2.69. The summed E-state index contributed by atoms with van der Waals surface area (Å²) < 4.78 is 5.36. The Labute approximate surface area is 70.6 Å². The Bertz CT molecular complexity index is 295. The van der Waals surface area contributed by atoms with Crippen LogP contribution in [-0.4, -0.2) is 16.3 Å². The van der Waals surface area contributed by atoms with E-state index >= 15 is 0 Å². The molecule has 4 heteroatoms. The van der Waals surface area contributed by atoms with Gasteiger partial charge in [0.1, 0.15) is 5.75 Å². The highest BCUT2D eigenvalue weighted by Gasteiger charge is 2.00. The van der Waals surface area contributed by atoms with Gasteiger partial charge in [0.2, 0.25) is 0 Å². The van der Waals surface area contributed by atoms with Gasteiger partial charge < -0.3 is 4.74 Å². The van der Waals surface area contributed by atoms with Gasteiger partial charge in [0.05, 0.1) is 12.3 Å². The standard InChI is InChI=1S/C8H12N2O2/c1-3-6(2)12-7-4-8(11)10-9-5-7/h4-6H,3H2,1-2H3,(H,10,11)/t6-/m0/s1. The average Bonchev–Trinajstić information content (AvgIpc) is 2.04. The van der Waals surface area contributed by atoms with Gasteiger partial charge in [-0.1, -0.05) is 6.92 Å². The molecule has 0 radical (unpaired) electrons. The third-order valence-corrected chi connectivity index (χ3v) is 1.55. The topological polar surface area (TPSA) is 55.0 Å². The molecule has 0 saturated heterocycles. The maximum absolute atomic E-state index is 10.8. The molecule has 0 aliphatic rings. The van der Waals surface area contributed by atoms with Crippen LogP contribution in [0.5, 0.6) is 5.75 Å². The zero-order valence-electron chi connectivity index (χ0n) is 7.20. The van der Waals surface area contributed by atoms with E-state index < -0.39 is 0 Å². The van der Waals surface area contributed by atoms with Crippen LogP contribution < -0.4 is 10.3 Å². The molecule has 0 saturated carbocycles. The summed E-state index contributed by atoms with van der Waals surface area (Å²) in [5.41, 5.74) is -0.240. The predicted octanol–water partition coefficient (Wildman–Crippen LogP) is 0.947. The summed E-state index contributed by atoms with van der Waals surface area (Å²) in [6, 6.07) is 1.39. The molecule has 1 rings (SSSR count). The first-order chi connectivity index (χ1) is 5.72. The summed E-state index contributed by atoms with van der Waals surface area (Å²) in [7, 11) is 0. The fourth-order valence-corrected chi connectivity index (χ4v) is 0.738. The Morgan fingerprint density at radius 3 is 3.08 bits per heavy atom. The van der Waals surface area contributed by atoms with Crippen LogP contribution in [0.15, 0.2) is 17.1 Å². The van der Waals surface area contributed by atoms with Gasteiger partial charge in [-0.3, -0.25) is 4.79 Å². The second kappa shape index (κ2) is 3.90. The van der Waals surface area contributed by atoms with Crippen LogP contribution in [0.2, 0.25) is 0 Å². The Morgan fingerprint density at radius 1 is 1.75 bits per heavy atom. The number of rotatable bonds is 3. The van der Waals surface area contributed by atoms with Crippen molar-refractivity contribution in [3.05, 3.63) is 22.6 Å². The normalized spacial score (nSPS) is 12.5. The summed E-state index contributed by atoms with van der Waals surface area (Å²) in [5.74, 6) is 0.521.